The van der Waals surface area contributed by atoms with Crippen LogP contribution >= 0.6 is 11.3 Å². The van der Waals surface area contributed by atoms with Gasteiger partial charge in [-0.1, -0.05) is 6.92 Å². The van der Waals surface area contributed by atoms with Gasteiger partial charge in [-0.2, -0.15) is 16.4 Å². The Kier molecular flexibility index (Phi) is 3.53. The SMILES string of the molecule is CCCNCc1cn[nH]c1-c1ccsc1. The summed E-state index contributed by atoms with van der Waals surface area (Å²) < 4.78 is 0. The van der Waals surface area contributed by atoms with Crippen molar-refractivity contribution in [3.05, 3.63) is 28.6 Å². The van der Waals surface area contributed by atoms with E-state index in [4.69, 9.17) is 0 Å². The van der Waals surface area contributed by atoms with E-state index < -0.39 is 0 Å². The number of aromatic nitrogens is 2. The average Bonchev–Trinajstić information content (AvgIpc) is 2.87. The largest absolute Gasteiger partial charge is 0.313 e. The van der Waals surface area contributed by atoms with Gasteiger partial charge < -0.3 is 5.32 Å². The molecule has 0 spiro atoms. The van der Waals surface area contributed by atoms with E-state index in [1.807, 2.05) is 6.20 Å². The molecular formula is C11H15N3S. The van der Waals surface area contributed by atoms with E-state index in [1.165, 1.54) is 11.1 Å². The standard InChI is InChI=1S/C11H15N3S/c1-2-4-12-6-10-7-13-14-11(10)9-3-5-15-8-9/h3,5,7-8,12H,2,4,6H2,1H3,(H,13,14). The van der Waals surface area contributed by atoms with Gasteiger partial charge in [0, 0.05) is 23.1 Å². The molecule has 15 heavy (non-hydrogen) atoms. The highest BCUT2D eigenvalue weighted by Crippen LogP contribution is 2.23. The molecule has 2 N–H and O–H groups in total. The number of H-pyrrole nitrogens is 1. The fraction of sp³-hybridized carbons (Fsp3) is 0.364. The summed E-state index contributed by atoms with van der Waals surface area (Å²) >= 11 is 1.71. The number of hydrogen-bond donors (Lipinski definition) is 2. The van der Waals surface area contributed by atoms with Gasteiger partial charge >= 0.3 is 0 Å². The predicted octanol–water partition coefficient (Wildman–Crippen LogP) is 2.64. The summed E-state index contributed by atoms with van der Waals surface area (Å²) in [6.07, 6.45) is 3.06. The number of nitrogens with zero attached hydrogens (tertiary/aromatic N) is 1. The Morgan fingerprint density at radius 3 is 3.20 bits per heavy atom. The molecule has 0 saturated carbocycles. The molecule has 2 aromatic heterocycles. The summed E-state index contributed by atoms with van der Waals surface area (Å²) in [5.41, 5.74) is 3.60. The van der Waals surface area contributed by atoms with Gasteiger partial charge in [0.05, 0.1) is 11.9 Å². The summed E-state index contributed by atoms with van der Waals surface area (Å²) in [5.74, 6) is 0. The van der Waals surface area contributed by atoms with Crippen molar-refractivity contribution in [2.45, 2.75) is 19.9 Å². The Hall–Kier alpha value is -1.13. The molecule has 0 aromatic carbocycles. The van der Waals surface area contributed by atoms with E-state index in [-0.39, 0.29) is 0 Å². The Balaban J connectivity index is 2.09. The molecule has 0 fully saturated rings. The van der Waals surface area contributed by atoms with Gasteiger partial charge in [0.2, 0.25) is 0 Å². The molecule has 0 atom stereocenters. The van der Waals surface area contributed by atoms with Crippen LogP contribution in [0.4, 0.5) is 0 Å². The minimum Gasteiger partial charge on any atom is -0.313 e. The van der Waals surface area contributed by atoms with E-state index in [0.717, 1.165) is 25.2 Å². The van der Waals surface area contributed by atoms with Crippen LogP contribution in [-0.4, -0.2) is 16.7 Å². The van der Waals surface area contributed by atoms with Crippen LogP contribution in [0.2, 0.25) is 0 Å². The van der Waals surface area contributed by atoms with Gasteiger partial charge in [0.1, 0.15) is 0 Å². The van der Waals surface area contributed by atoms with E-state index in [1.54, 1.807) is 11.3 Å². The topological polar surface area (TPSA) is 40.7 Å². The molecule has 0 saturated heterocycles. The molecule has 0 aliphatic heterocycles. The molecule has 2 rings (SSSR count). The summed E-state index contributed by atoms with van der Waals surface area (Å²) in [7, 11) is 0. The van der Waals surface area contributed by atoms with Crippen molar-refractivity contribution >= 4 is 11.3 Å². The van der Waals surface area contributed by atoms with E-state index >= 15 is 0 Å². The van der Waals surface area contributed by atoms with Crippen LogP contribution in [0.25, 0.3) is 11.3 Å². The van der Waals surface area contributed by atoms with Gasteiger partial charge in [-0.05, 0) is 24.4 Å². The van der Waals surface area contributed by atoms with Crippen molar-refractivity contribution in [3.8, 4) is 11.3 Å². The van der Waals surface area contributed by atoms with Crippen LogP contribution in [0.3, 0.4) is 0 Å². The molecule has 3 nitrogen and oxygen atoms in total. The van der Waals surface area contributed by atoms with Crippen LogP contribution in [-0.2, 0) is 6.54 Å². The second-order valence-corrected chi connectivity index (χ2v) is 4.24. The molecule has 2 heterocycles. The molecule has 0 bridgehead atoms. The first-order valence-corrected chi connectivity index (χ1v) is 6.11. The van der Waals surface area contributed by atoms with Crippen LogP contribution < -0.4 is 5.32 Å². The number of rotatable bonds is 5. The molecule has 0 aliphatic carbocycles. The number of hydrogen-bond acceptors (Lipinski definition) is 3. The van der Waals surface area contributed by atoms with Gasteiger partial charge in [-0.15, -0.1) is 0 Å². The van der Waals surface area contributed by atoms with E-state index in [2.05, 4.69) is 39.3 Å². The minimum atomic E-state index is 0.884. The predicted molar refractivity (Wildman–Crippen MR) is 63.9 cm³/mol. The smallest absolute Gasteiger partial charge is 0.0703 e. The first-order valence-electron chi connectivity index (χ1n) is 5.17. The molecule has 0 aliphatic rings. The number of nitrogens with one attached hydrogen (secondary N) is 2. The molecule has 0 radical (unpaired) electrons. The number of thiophene rings is 1. The van der Waals surface area contributed by atoms with Gasteiger partial charge in [-0.3, -0.25) is 5.10 Å². The third kappa shape index (κ3) is 2.46. The second-order valence-electron chi connectivity index (χ2n) is 3.46. The van der Waals surface area contributed by atoms with Crippen LogP contribution in [0.5, 0.6) is 0 Å². The highest BCUT2D eigenvalue weighted by molar-refractivity contribution is 7.08. The first kappa shape index (κ1) is 10.4. The third-order valence-corrected chi connectivity index (χ3v) is 2.95. The molecule has 2 aromatic rings. The highest BCUT2D eigenvalue weighted by atomic mass is 32.1. The van der Waals surface area contributed by atoms with Crippen LogP contribution in [0, 0.1) is 0 Å². The Bertz CT molecular complexity index is 392. The fourth-order valence-corrected chi connectivity index (χ4v) is 2.15. The third-order valence-electron chi connectivity index (χ3n) is 2.27. The van der Waals surface area contributed by atoms with Crippen molar-refractivity contribution in [2.75, 3.05) is 6.54 Å². The van der Waals surface area contributed by atoms with Crippen molar-refractivity contribution in [3.63, 3.8) is 0 Å². The van der Waals surface area contributed by atoms with Gasteiger partial charge in [0.15, 0.2) is 0 Å². The maximum Gasteiger partial charge on any atom is 0.0703 e. The molecule has 0 unspecified atom stereocenters. The quantitative estimate of drug-likeness (QED) is 0.762. The lowest BCUT2D eigenvalue weighted by atomic mass is 10.1. The van der Waals surface area contributed by atoms with Gasteiger partial charge in [0.25, 0.3) is 0 Å². The molecular weight excluding hydrogens is 206 g/mol. The average molecular weight is 221 g/mol. The summed E-state index contributed by atoms with van der Waals surface area (Å²) in [5, 5.41) is 14.7. The highest BCUT2D eigenvalue weighted by Gasteiger charge is 2.06. The lowest BCUT2D eigenvalue weighted by Crippen LogP contribution is -2.13. The Labute approximate surface area is 93.5 Å². The maximum absolute atomic E-state index is 4.10. The Morgan fingerprint density at radius 1 is 1.53 bits per heavy atom. The van der Waals surface area contributed by atoms with Crippen molar-refractivity contribution in [1.82, 2.24) is 15.5 Å². The molecule has 0 amide bonds. The molecule has 80 valence electrons. The van der Waals surface area contributed by atoms with Crippen molar-refractivity contribution in [2.24, 2.45) is 0 Å². The van der Waals surface area contributed by atoms with Crippen LogP contribution in [0.1, 0.15) is 18.9 Å². The monoisotopic (exact) mass is 221 g/mol. The molecule has 4 heteroatoms. The van der Waals surface area contributed by atoms with E-state index in [9.17, 15) is 0 Å². The van der Waals surface area contributed by atoms with Crippen molar-refractivity contribution < 1.29 is 0 Å². The van der Waals surface area contributed by atoms with E-state index in [0.29, 0.717) is 0 Å². The zero-order valence-electron chi connectivity index (χ0n) is 8.79. The van der Waals surface area contributed by atoms with Gasteiger partial charge in [-0.25, -0.2) is 0 Å². The normalized spacial score (nSPS) is 10.7. The number of aromatic amines is 1. The second kappa shape index (κ2) is 5.09. The zero-order valence-corrected chi connectivity index (χ0v) is 9.60. The van der Waals surface area contributed by atoms with Crippen LogP contribution in [0.15, 0.2) is 23.0 Å². The van der Waals surface area contributed by atoms with Crippen molar-refractivity contribution in [1.29, 1.82) is 0 Å². The first-order chi connectivity index (χ1) is 7.42. The zero-order chi connectivity index (χ0) is 10.5. The summed E-state index contributed by atoms with van der Waals surface area (Å²) in [4.78, 5) is 0. The lowest BCUT2D eigenvalue weighted by molar-refractivity contribution is 0.676. The summed E-state index contributed by atoms with van der Waals surface area (Å²) in [6, 6.07) is 2.11. The fourth-order valence-electron chi connectivity index (χ4n) is 1.50. The minimum absolute atomic E-state index is 0.884. The maximum atomic E-state index is 4.10. The Morgan fingerprint density at radius 2 is 2.47 bits per heavy atom. The summed E-state index contributed by atoms with van der Waals surface area (Å²) in [6.45, 7) is 4.10. The lowest BCUT2D eigenvalue weighted by Gasteiger charge is -2.02.